The number of rotatable bonds is 8. The third-order valence-electron chi connectivity index (χ3n) is 5.73. The molecule has 0 radical (unpaired) electrons. The number of methoxy groups -OCH3 is 1. The average Bonchev–Trinajstić information content (AvgIpc) is 3.46. The van der Waals surface area contributed by atoms with Crippen molar-refractivity contribution in [3.63, 3.8) is 0 Å². The summed E-state index contributed by atoms with van der Waals surface area (Å²) < 4.78 is 49.2. The molecule has 9 heteroatoms. The molecule has 1 N–H and O–H groups in total. The van der Waals surface area contributed by atoms with Gasteiger partial charge in [0.05, 0.1) is 20.3 Å². The van der Waals surface area contributed by atoms with Gasteiger partial charge >= 0.3 is 11.9 Å². The van der Waals surface area contributed by atoms with Crippen LogP contribution in [0.25, 0.3) is 16.5 Å². The molecular weight excluding hydrogens is 462 g/mol. The van der Waals surface area contributed by atoms with Crippen LogP contribution in [0, 0.1) is 11.6 Å². The second-order valence-corrected chi connectivity index (χ2v) is 8.02. The highest BCUT2D eigenvalue weighted by Gasteiger charge is 2.32. The fraction of sp³-hybridized carbons (Fsp3) is 0.308. The Kier molecular flexibility index (Phi) is 7.16. The number of aliphatic hydroxyl groups is 1. The molecule has 0 fully saturated rings. The monoisotopic (exact) mass is 486 g/mol. The van der Waals surface area contributed by atoms with E-state index in [9.17, 15) is 23.5 Å². The predicted molar refractivity (Wildman–Crippen MR) is 122 cm³/mol. The van der Waals surface area contributed by atoms with E-state index in [4.69, 9.17) is 18.6 Å². The molecule has 0 bridgehead atoms. The lowest BCUT2D eigenvalue weighted by atomic mass is 10.0. The Bertz CT molecular complexity index is 1300. The van der Waals surface area contributed by atoms with Crippen LogP contribution in [0.15, 0.2) is 40.3 Å². The van der Waals surface area contributed by atoms with Gasteiger partial charge in [0.25, 0.3) is 0 Å². The minimum atomic E-state index is -0.817. The van der Waals surface area contributed by atoms with Crippen molar-refractivity contribution < 1.29 is 42.1 Å². The van der Waals surface area contributed by atoms with Gasteiger partial charge < -0.3 is 23.7 Å². The Labute approximate surface area is 199 Å². The highest BCUT2D eigenvalue weighted by molar-refractivity contribution is 6.10. The quantitative estimate of drug-likeness (QED) is 0.444. The number of fused-ring (bicyclic) bond motifs is 1. The lowest BCUT2D eigenvalue weighted by molar-refractivity contribution is -0.138. The summed E-state index contributed by atoms with van der Waals surface area (Å²) in [7, 11) is 1.42. The summed E-state index contributed by atoms with van der Waals surface area (Å²) in [5.74, 6) is -2.46. The maximum absolute atomic E-state index is 13.6. The summed E-state index contributed by atoms with van der Waals surface area (Å²) in [5, 5.41) is 10.0. The van der Waals surface area contributed by atoms with Crippen molar-refractivity contribution in [3.05, 3.63) is 70.0 Å². The number of furan rings is 1. The number of carbonyl (C=O) groups is 2. The molecular formula is C26H24F2O7. The van der Waals surface area contributed by atoms with E-state index in [-0.39, 0.29) is 48.0 Å². The van der Waals surface area contributed by atoms with E-state index in [1.54, 1.807) is 19.1 Å². The molecule has 1 heterocycles. The fourth-order valence-corrected chi connectivity index (χ4v) is 4.24. The summed E-state index contributed by atoms with van der Waals surface area (Å²) in [6, 6.07) is 6.00. The Morgan fingerprint density at radius 1 is 1.00 bits per heavy atom. The van der Waals surface area contributed by atoms with Crippen LogP contribution in [0.3, 0.4) is 0 Å². The molecule has 0 saturated carbocycles. The van der Waals surface area contributed by atoms with Crippen LogP contribution in [0.2, 0.25) is 0 Å². The van der Waals surface area contributed by atoms with Crippen molar-refractivity contribution in [1.82, 2.24) is 0 Å². The van der Waals surface area contributed by atoms with Crippen LogP contribution < -0.4 is 4.74 Å². The first-order valence-electron chi connectivity index (χ1n) is 11.1. The van der Waals surface area contributed by atoms with E-state index in [0.717, 1.165) is 18.2 Å². The number of halogens is 2. The van der Waals surface area contributed by atoms with Crippen molar-refractivity contribution in [2.24, 2.45) is 0 Å². The van der Waals surface area contributed by atoms with Crippen molar-refractivity contribution in [1.29, 1.82) is 0 Å². The summed E-state index contributed by atoms with van der Waals surface area (Å²) in [4.78, 5) is 25.9. The van der Waals surface area contributed by atoms with Crippen LogP contribution in [0.4, 0.5) is 8.78 Å². The van der Waals surface area contributed by atoms with Gasteiger partial charge in [-0.05, 0) is 61.6 Å². The molecule has 0 unspecified atom stereocenters. The SMILES string of the molecule is CCOC(=O)C1=C(c2oc3c(OC)cc(CO)cc3c2C(=O)OCc2cc(F)cc(F)c2)CCC1. The van der Waals surface area contributed by atoms with E-state index < -0.39 is 23.6 Å². The first-order chi connectivity index (χ1) is 16.9. The number of hydrogen-bond acceptors (Lipinski definition) is 7. The zero-order valence-corrected chi connectivity index (χ0v) is 19.3. The van der Waals surface area contributed by atoms with Crippen LogP contribution >= 0.6 is 0 Å². The molecule has 1 aliphatic carbocycles. The zero-order chi connectivity index (χ0) is 25.1. The normalized spacial score (nSPS) is 13.4. The third kappa shape index (κ3) is 4.90. The van der Waals surface area contributed by atoms with Crippen molar-refractivity contribution in [2.75, 3.05) is 13.7 Å². The largest absolute Gasteiger partial charge is 0.493 e. The second-order valence-electron chi connectivity index (χ2n) is 8.02. The van der Waals surface area contributed by atoms with E-state index in [1.807, 2.05) is 0 Å². The molecule has 2 aromatic carbocycles. The van der Waals surface area contributed by atoms with Gasteiger partial charge in [0.2, 0.25) is 0 Å². The summed E-state index contributed by atoms with van der Waals surface area (Å²) in [5.41, 5.74) is 1.81. The van der Waals surface area contributed by atoms with Gasteiger partial charge in [-0.1, -0.05) is 0 Å². The highest BCUT2D eigenvalue weighted by Crippen LogP contribution is 2.43. The van der Waals surface area contributed by atoms with E-state index in [0.29, 0.717) is 41.4 Å². The Balaban J connectivity index is 1.84. The van der Waals surface area contributed by atoms with Crippen molar-refractivity contribution >= 4 is 28.5 Å². The molecule has 0 aliphatic heterocycles. The van der Waals surface area contributed by atoms with Crippen molar-refractivity contribution in [3.8, 4) is 5.75 Å². The number of carbonyl (C=O) groups excluding carboxylic acids is 2. The molecule has 4 rings (SSSR count). The lowest BCUT2D eigenvalue weighted by Crippen LogP contribution is -2.10. The van der Waals surface area contributed by atoms with E-state index in [1.165, 1.54) is 7.11 Å². The minimum absolute atomic E-state index is 0.0316. The molecule has 35 heavy (non-hydrogen) atoms. The molecule has 0 amide bonds. The number of ether oxygens (including phenoxy) is 3. The highest BCUT2D eigenvalue weighted by atomic mass is 19.1. The van der Waals surface area contributed by atoms with Gasteiger partial charge in [0.1, 0.15) is 29.6 Å². The smallest absolute Gasteiger partial charge is 0.343 e. The van der Waals surface area contributed by atoms with Crippen LogP contribution in [-0.4, -0.2) is 30.8 Å². The number of allylic oxidation sites excluding steroid dienone is 1. The van der Waals surface area contributed by atoms with Crippen molar-refractivity contribution in [2.45, 2.75) is 39.4 Å². The Hall–Kier alpha value is -3.72. The van der Waals surface area contributed by atoms with Gasteiger partial charge in [-0.25, -0.2) is 18.4 Å². The molecule has 0 spiro atoms. The zero-order valence-electron chi connectivity index (χ0n) is 19.3. The summed E-state index contributed by atoms with van der Waals surface area (Å²) >= 11 is 0. The van der Waals surface area contributed by atoms with Gasteiger partial charge in [-0.15, -0.1) is 0 Å². The molecule has 3 aromatic rings. The number of benzene rings is 2. The number of hydrogen-bond donors (Lipinski definition) is 1. The third-order valence-corrected chi connectivity index (χ3v) is 5.73. The first kappa shape index (κ1) is 24.4. The van der Waals surface area contributed by atoms with Gasteiger partial charge in [-0.2, -0.15) is 0 Å². The second kappa shape index (κ2) is 10.3. The summed E-state index contributed by atoms with van der Waals surface area (Å²) in [6.07, 6.45) is 1.59. The first-order valence-corrected chi connectivity index (χ1v) is 11.1. The molecule has 1 aliphatic rings. The molecule has 1 aromatic heterocycles. The number of aliphatic hydroxyl groups excluding tert-OH is 1. The fourth-order valence-electron chi connectivity index (χ4n) is 4.24. The summed E-state index contributed by atoms with van der Waals surface area (Å²) in [6.45, 7) is 1.19. The maximum atomic E-state index is 13.6. The van der Waals surface area contributed by atoms with Gasteiger partial charge in [-0.3, -0.25) is 0 Å². The van der Waals surface area contributed by atoms with E-state index in [2.05, 4.69) is 0 Å². The molecule has 7 nitrogen and oxygen atoms in total. The topological polar surface area (TPSA) is 95.2 Å². The maximum Gasteiger partial charge on any atom is 0.343 e. The number of esters is 2. The van der Waals surface area contributed by atoms with Gasteiger partial charge in [0, 0.05) is 22.6 Å². The standard InChI is InChI=1S/C26H24F2O7/c1-3-33-25(30)19-6-4-5-18(19)24-22(20-9-14(12-29)10-21(32-2)23(20)35-24)26(31)34-13-15-7-16(27)11-17(28)8-15/h7-11,29H,3-6,12-13H2,1-2H3. The van der Waals surface area contributed by atoms with Crippen LogP contribution in [0.1, 0.15) is 53.4 Å². The lowest BCUT2D eigenvalue weighted by Gasteiger charge is -2.09. The van der Waals surface area contributed by atoms with Gasteiger partial charge in [0.15, 0.2) is 11.3 Å². The van der Waals surface area contributed by atoms with E-state index >= 15 is 0 Å². The molecule has 0 atom stereocenters. The Morgan fingerprint density at radius 2 is 1.74 bits per heavy atom. The van der Waals surface area contributed by atoms with Crippen LogP contribution in [-0.2, 0) is 27.5 Å². The molecule has 184 valence electrons. The Morgan fingerprint density at radius 3 is 2.40 bits per heavy atom. The average molecular weight is 486 g/mol. The predicted octanol–water partition coefficient (Wildman–Crippen LogP) is 5.07. The minimum Gasteiger partial charge on any atom is -0.493 e. The molecule has 0 saturated heterocycles. The van der Waals surface area contributed by atoms with Crippen LogP contribution in [0.5, 0.6) is 5.75 Å².